The van der Waals surface area contributed by atoms with Crippen molar-refractivity contribution in [3.05, 3.63) is 36.4 Å². The molecule has 2 rings (SSSR count). The number of rotatable bonds is 5. The van der Waals surface area contributed by atoms with Crippen LogP contribution in [0.2, 0.25) is 0 Å². The van der Waals surface area contributed by atoms with Gasteiger partial charge in [0.2, 0.25) is 0 Å². The van der Waals surface area contributed by atoms with E-state index in [1.54, 1.807) is 16.2 Å². The van der Waals surface area contributed by atoms with E-state index in [2.05, 4.69) is 34.8 Å². The lowest BCUT2D eigenvalue weighted by Crippen LogP contribution is -2.25. The molecule has 0 aliphatic carbocycles. The van der Waals surface area contributed by atoms with Gasteiger partial charge >= 0.3 is 0 Å². The van der Waals surface area contributed by atoms with Gasteiger partial charge in [-0.1, -0.05) is 13.8 Å². The molecule has 0 saturated heterocycles. The number of nitrogens with zero attached hydrogens (tertiary/aromatic N) is 2. The predicted octanol–water partition coefficient (Wildman–Crippen LogP) is 4.75. The van der Waals surface area contributed by atoms with Gasteiger partial charge in [-0.2, -0.15) is 0 Å². The highest BCUT2D eigenvalue weighted by atomic mass is 79.9. The van der Waals surface area contributed by atoms with Gasteiger partial charge in [-0.3, -0.25) is 4.79 Å². The highest BCUT2D eigenvalue weighted by molar-refractivity contribution is 9.11. The maximum atomic E-state index is 12.6. The van der Waals surface area contributed by atoms with Crippen molar-refractivity contribution >= 4 is 44.5 Å². The van der Waals surface area contributed by atoms with Crippen LogP contribution in [0.4, 0.5) is 0 Å². The lowest BCUT2D eigenvalue weighted by molar-refractivity contribution is 0.0790. The minimum absolute atomic E-state index is 0.0597. The molecule has 0 aliphatic rings. The summed E-state index contributed by atoms with van der Waals surface area (Å²) in [4.78, 5) is 20.8. The van der Waals surface area contributed by atoms with Gasteiger partial charge < -0.3 is 4.90 Å². The van der Waals surface area contributed by atoms with E-state index in [1.165, 1.54) is 16.2 Å². The summed E-state index contributed by atoms with van der Waals surface area (Å²) in [7, 11) is 1.84. The number of aryl methyl sites for hydroxylation is 1. The van der Waals surface area contributed by atoms with Crippen molar-refractivity contribution in [2.24, 2.45) is 5.92 Å². The molecule has 1 amide bonds. The highest BCUT2D eigenvalue weighted by Crippen LogP contribution is 2.25. The van der Waals surface area contributed by atoms with Crippen LogP contribution >= 0.6 is 38.6 Å². The van der Waals surface area contributed by atoms with Crippen LogP contribution in [0, 0.1) is 12.8 Å². The number of thiophene rings is 1. The molecular formula is C15H19BrN2OS2. The number of carbonyl (C=O) groups excluding carboxylic acids is 1. The maximum Gasteiger partial charge on any atom is 0.265 e. The molecule has 0 saturated carbocycles. The van der Waals surface area contributed by atoms with Crippen LogP contribution in [0.3, 0.4) is 0 Å². The summed E-state index contributed by atoms with van der Waals surface area (Å²) in [6.45, 7) is 6.88. The van der Waals surface area contributed by atoms with Gasteiger partial charge in [-0.15, -0.1) is 22.7 Å². The Balaban J connectivity index is 2.10. The molecule has 0 aromatic carbocycles. The largest absolute Gasteiger partial charge is 0.336 e. The molecule has 3 nitrogen and oxygen atoms in total. The van der Waals surface area contributed by atoms with Crippen molar-refractivity contribution in [3.8, 4) is 0 Å². The molecule has 0 fully saturated rings. The monoisotopic (exact) mass is 386 g/mol. The average Bonchev–Trinajstić information content (AvgIpc) is 2.94. The quantitative estimate of drug-likeness (QED) is 0.742. The summed E-state index contributed by atoms with van der Waals surface area (Å²) in [5.41, 5.74) is 0.847. The molecule has 0 N–H and O–H groups in total. The Kier molecular flexibility index (Phi) is 5.57. The Morgan fingerprint density at radius 1 is 1.38 bits per heavy atom. The zero-order chi connectivity index (χ0) is 15.6. The van der Waals surface area contributed by atoms with Gasteiger partial charge in [0.15, 0.2) is 0 Å². The van der Waals surface area contributed by atoms with Crippen LogP contribution in [-0.2, 0) is 13.0 Å². The van der Waals surface area contributed by atoms with Crippen molar-refractivity contribution in [3.63, 3.8) is 0 Å². The number of carbonyl (C=O) groups is 1. The van der Waals surface area contributed by atoms with Crippen molar-refractivity contribution in [1.82, 2.24) is 9.88 Å². The van der Waals surface area contributed by atoms with Crippen LogP contribution in [0.1, 0.15) is 39.1 Å². The normalized spacial score (nSPS) is 11.1. The third-order valence-corrected chi connectivity index (χ3v) is 5.76. The number of amides is 1. The van der Waals surface area contributed by atoms with E-state index in [1.807, 2.05) is 26.1 Å². The lowest BCUT2D eigenvalue weighted by Gasteiger charge is -2.15. The van der Waals surface area contributed by atoms with E-state index in [-0.39, 0.29) is 5.91 Å². The first-order valence-electron chi connectivity index (χ1n) is 6.82. The van der Waals surface area contributed by atoms with Crippen LogP contribution < -0.4 is 0 Å². The minimum atomic E-state index is 0.0597. The van der Waals surface area contributed by atoms with Crippen molar-refractivity contribution in [2.45, 2.75) is 33.7 Å². The van der Waals surface area contributed by atoms with E-state index in [4.69, 9.17) is 0 Å². The average molecular weight is 387 g/mol. The Bertz CT molecular complexity index is 633. The van der Waals surface area contributed by atoms with Gasteiger partial charge in [-0.05, 0) is 40.9 Å². The molecule has 0 atom stereocenters. The molecular weight excluding hydrogens is 368 g/mol. The third kappa shape index (κ3) is 4.37. The van der Waals surface area contributed by atoms with Gasteiger partial charge in [0, 0.05) is 18.3 Å². The van der Waals surface area contributed by atoms with Crippen LogP contribution in [-0.4, -0.2) is 22.8 Å². The number of hydrogen-bond acceptors (Lipinski definition) is 4. The maximum absolute atomic E-state index is 12.6. The Morgan fingerprint density at radius 3 is 2.67 bits per heavy atom. The summed E-state index contributed by atoms with van der Waals surface area (Å²) in [6.07, 6.45) is 0.931. The SMILES string of the molecule is Cc1nc(CC(C)C)sc1C(=O)N(C)Cc1ccc(Br)s1. The lowest BCUT2D eigenvalue weighted by atomic mass is 10.1. The first kappa shape index (κ1) is 16.6. The molecule has 0 aliphatic heterocycles. The van der Waals surface area contributed by atoms with Crippen LogP contribution in [0.25, 0.3) is 0 Å². The van der Waals surface area contributed by atoms with E-state index >= 15 is 0 Å². The van der Waals surface area contributed by atoms with Gasteiger partial charge in [0.25, 0.3) is 5.91 Å². The standard InChI is InChI=1S/C15H19BrN2OS2/c1-9(2)7-13-17-10(3)14(21-13)15(19)18(4)8-11-5-6-12(16)20-11/h5-6,9H,7-8H2,1-4H3. The Morgan fingerprint density at radius 2 is 2.10 bits per heavy atom. The molecule has 6 heteroatoms. The van der Waals surface area contributed by atoms with E-state index in [0.717, 1.165) is 25.8 Å². The summed E-state index contributed by atoms with van der Waals surface area (Å²) >= 11 is 6.64. The number of thiazole rings is 1. The zero-order valence-corrected chi connectivity index (χ0v) is 15.9. The predicted molar refractivity (Wildman–Crippen MR) is 93.2 cm³/mol. The number of aromatic nitrogens is 1. The van der Waals surface area contributed by atoms with Crippen molar-refractivity contribution in [2.75, 3.05) is 7.05 Å². The molecule has 114 valence electrons. The number of halogens is 1. The smallest absolute Gasteiger partial charge is 0.265 e. The second-order valence-electron chi connectivity index (χ2n) is 5.49. The molecule has 2 aromatic heterocycles. The highest BCUT2D eigenvalue weighted by Gasteiger charge is 2.19. The van der Waals surface area contributed by atoms with E-state index < -0.39 is 0 Å². The summed E-state index contributed by atoms with van der Waals surface area (Å²) < 4.78 is 1.09. The van der Waals surface area contributed by atoms with Gasteiger partial charge in [-0.25, -0.2) is 4.98 Å². The molecule has 0 unspecified atom stereocenters. The fourth-order valence-corrected chi connectivity index (χ4v) is 4.81. The second-order valence-corrected chi connectivity index (χ2v) is 9.12. The van der Waals surface area contributed by atoms with E-state index in [0.29, 0.717) is 12.5 Å². The van der Waals surface area contributed by atoms with Crippen molar-refractivity contribution in [1.29, 1.82) is 0 Å². The van der Waals surface area contributed by atoms with Crippen LogP contribution in [0.5, 0.6) is 0 Å². The molecule has 2 aromatic rings. The second kappa shape index (κ2) is 7.03. The first-order chi connectivity index (χ1) is 9.86. The zero-order valence-electron chi connectivity index (χ0n) is 12.6. The van der Waals surface area contributed by atoms with Crippen molar-refractivity contribution < 1.29 is 4.79 Å². The van der Waals surface area contributed by atoms with Crippen LogP contribution in [0.15, 0.2) is 15.9 Å². The Labute approximate surface area is 142 Å². The number of hydrogen-bond donors (Lipinski definition) is 0. The molecule has 21 heavy (non-hydrogen) atoms. The third-order valence-electron chi connectivity index (χ3n) is 2.99. The topological polar surface area (TPSA) is 33.2 Å². The first-order valence-corrected chi connectivity index (χ1v) is 9.25. The minimum Gasteiger partial charge on any atom is -0.336 e. The molecule has 0 spiro atoms. The summed E-state index contributed by atoms with van der Waals surface area (Å²) in [5.74, 6) is 0.615. The summed E-state index contributed by atoms with van der Waals surface area (Å²) in [5, 5.41) is 1.05. The van der Waals surface area contributed by atoms with Gasteiger partial charge in [0.1, 0.15) is 4.88 Å². The molecule has 2 heterocycles. The Hall–Kier alpha value is -0.720. The summed E-state index contributed by atoms with van der Waals surface area (Å²) in [6, 6.07) is 4.05. The fourth-order valence-electron chi connectivity index (χ4n) is 2.00. The molecule has 0 radical (unpaired) electrons. The van der Waals surface area contributed by atoms with Gasteiger partial charge in [0.05, 0.1) is 21.0 Å². The molecule has 0 bridgehead atoms. The van der Waals surface area contributed by atoms with E-state index in [9.17, 15) is 4.79 Å². The fraction of sp³-hybridized carbons (Fsp3) is 0.467.